The van der Waals surface area contributed by atoms with Crippen molar-refractivity contribution in [2.75, 3.05) is 70.9 Å². The maximum absolute atomic E-state index is 5.96. The molecule has 4 rings (SSSR count). The summed E-state index contributed by atoms with van der Waals surface area (Å²) in [7, 11) is 3.80. The number of aromatic nitrogens is 2. The number of aliphatic imine (C=N–C) groups is 1. The highest BCUT2D eigenvalue weighted by Gasteiger charge is 2.25. The molecule has 2 aliphatic heterocycles. The maximum atomic E-state index is 5.96. The minimum Gasteiger partial charge on any atom is -0.370 e. The average Bonchev–Trinajstić information content (AvgIpc) is 3.29. The Hall–Kier alpha value is -1.85. The van der Waals surface area contributed by atoms with Gasteiger partial charge in [0, 0.05) is 70.8 Å². The van der Waals surface area contributed by atoms with Crippen molar-refractivity contribution in [1.82, 2.24) is 24.9 Å². The molecule has 1 aromatic carbocycles. The molecule has 1 unspecified atom stereocenters. The van der Waals surface area contributed by atoms with Gasteiger partial charge in [0.25, 0.3) is 0 Å². The van der Waals surface area contributed by atoms with E-state index in [1.807, 2.05) is 31.2 Å². The van der Waals surface area contributed by atoms with Crippen LogP contribution in [0.1, 0.15) is 24.5 Å². The Morgan fingerprint density at radius 3 is 2.61 bits per heavy atom. The third-order valence-electron chi connectivity index (χ3n) is 6.35. The van der Waals surface area contributed by atoms with E-state index in [9.17, 15) is 0 Å². The number of anilines is 1. The number of halogens is 1. The molecule has 2 aliphatic rings. The van der Waals surface area contributed by atoms with Gasteiger partial charge in [0.15, 0.2) is 5.96 Å². The first-order chi connectivity index (χ1) is 15.7. The first kappa shape index (κ1) is 25.8. The van der Waals surface area contributed by atoms with Crippen molar-refractivity contribution in [2.45, 2.75) is 18.9 Å². The van der Waals surface area contributed by atoms with Gasteiger partial charge < -0.3 is 19.9 Å². The Morgan fingerprint density at radius 2 is 1.91 bits per heavy atom. The smallest absolute Gasteiger partial charge is 0.193 e. The minimum absolute atomic E-state index is 0. The summed E-state index contributed by atoms with van der Waals surface area (Å²) < 4.78 is 7.79. The van der Waals surface area contributed by atoms with Crippen LogP contribution in [0.3, 0.4) is 0 Å². The predicted molar refractivity (Wildman–Crippen MR) is 145 cm³/mol. The van der Waals surface area contributed by atoms with Crippen molar-refractivity contribution < 1.29 is 4.74 Å². The molecule has 0 spiro atoms. The average molecular weight is 568 g/mol. The molecule has 3 heterocycles. The van der Waals surface area contributed by atoms with Crippen LogP contribution in [0.2, 0.25) is 0 Å². The van der Waals surface area contributed by atoms with E-state index in [4.69, 9.17) is 4.74 Å². The van der Waals surface area contributed by atoms with Gasteiger partial charge in [0.1, 0.15) is 6.10 Å². The quantitative estimate of drug-likeness (QED) is 0.240. The van der Waals surface area contributed by atoms with Crippen molar-refractivity contribution in [3.63, 3.8) is 0 Å². The summed E-state index contributed by atoms with van der Waals surface area (Å²) in [5, 5.41) is 7.83. The topological polar surface area (TPSA) is 61.2 Å². The highest BCUT2D eigenvalue weighted by Crippen LogP contribution is 2.21. The standard InChI is InChI=1S/C24H37N7O.HI/c1-25-24(31-16-17-32-23(20-31)21-18-27-28(2)19-21)26-10-6-7-11-29-12-14-30(15-13-29)22-8-4-3-5-9-22;/h3-5,8-9,18-19,23H,6-7,10-17,20H2,1-2H3,(H,25,26);1H. The number of para-hydroxylation sites is 1. The monoisotopic (exact) mass is 567 g/mol. The van der Waals surface area contributed by atoms with Gasteiger partial charge in [-0.05, 0) is 31.5 Å². The minimum atomic E-state index is 0. The molecule has 0 radical (unpaired) electrons. The first-order valence-electron chi connectivity index (χ1n) is 11.8. The zero-order valence-electron chi connectivity index (χ0n) is 19.9. The van der Waals surface area contributed by atoms with E-state index >= 15 is 0 Å². The fourth-order valence-corrected chi connectivity index (χ4v) is 4.51. The molecule has 0 aliphatic carbocycles. The van der Waals surface area contributed by atoms with Gasteiger partial charge in [0.05, 0.1) is 19.3 Å². The Bertz CT molecular complexity index is 852. The lowest BCUT2D eigenvalue weighted by atomic mass is 10.1. The van der Waals surface area contributed by atoms with E-state index in [2.05, 4.69) is 60.4 Å². The Balaban J connectivity index is 0.00000306. The Labute approximate surface area is 215 Å². The fourth-order valence-electron chi connectivity index (χ4n) is 4.51. The van der Waals surface area contributed by atoms with Gasteiger partial charge in [-0.3, -0.25) is 14.6 Å². The predicted octanol–water partition coefficient (Wildman–Crippen LogP) is 2.59. The number of aryl methyl sites for hydroxylation is 1. The van der Waals surface area contributed by atoms with Crippen LogP contribution in [0.15, 0.2) is 47.7 Å². The summed E-state index contributed by atoms with van der Waals surface area (Å²) in [5.41, 5.74) is 2.47. The lowest BCUT2D eigenvalue weighted by molar-refractivity contribution is -0.00802. The van der Waals surface area contributed by atoms with E-state index < -0.39 is 0 Å². The molecule has 2 fully saturated rings. The van der Waals surface area contributed by atoms with Crippen molar-refractivity contribution in [1.29, 1.82) is 0 Å². The van der Waals surface area contributed by atoms with Crippen LogP contribution in [0.4, 0.5) is 5.69 Å². The molecule has 182 valence electrons. The number of nitrogens with one attached hydrogen (secondary N) is 1. The van der Waals surface area contributed by atoms with Crippen LogP contribution >= 0.6 is 24.0 Å². The van der Waals surface area contributed by atoms with Crippen molar-refractivity contribution >= 4 is 35.6 Å². The molecule has 0 saturated carbocycles. The molecule has 2 aromatic rings. The van der Waals surface area contributed by atoms with E-state index in [0.29, 0.717) is 6.61 Å². The summed E-state index contributed by atoms with van der Waals surface area (Å²) in [6, 6.07) is 10.8. The van der Waals surface area contributed by atoms with Crippen molar-refractivity contribution in [2.24, 2.45) is 12.0 Å². The third-order valence-corrected chi connectivity index (χ3v) is 6.35. The Kier molecular flexibility index (Phi) is 10.3. The second kappa shape index (κ2) is 13.1. The number of rotatable bonds is 7. The molecule has 1 atom stereocenters. The number of unbranched alkanes of at least 4 members (excludes halogenated alkanes) is 1. The lowest BCUT2D eigenvalue weighted by Gasteiger charge is -2.36. The molecule has 0 bridgehead atoms. The second-order valence-electron chi connectivity index (χ2n) is 8.60. The lowest BCUT2D eigenvalue weighted by Crippen LogP contribution is -2.48. The number of hydrogen-bond donors (Lipinski definition) is 1. The second-order valence-corrected chi connectivity index (χ2v) is 8.60. The Morgan fingerprint density at radius 1 is 1.12 bits per heavy atom. The summed E-state index contributed by atoms with van der Waals surface area (Å²) >= 11 is 0. The molecule has 1 aromatic heterocycles. The SMILES string of the molecule is CN=C(NCCCCN1CCN(c2ccccc2)CC1)N1CCOC(c2cnn(C)c2)C1.I. The van der Waals surface area contributed by atoms with E-state index in [-0.39, 0.29) is 30.1 Å². The zero-order valence-corrected chi connectivity index (χ0v) is 22.2. The highest BCUT2D eigenvalue weighted by molar-refractivity contribution is 14.0. The normalized spacial score (nSPS) is 19.9. The molecular weight excluding hydrogens is 529 g/mol. The summed E-state index contributed by atoms with van der Waals surface area (Å²) in [6.07, 6.45) is 6.32. The molecule has 33 heavy (non-hydrogen) atoms. The van der Waals surface area contributed by atoms with Crippen molar-refractivity contribution in [3.8, 4) is 0 Å². The van der Waals surface area contributed by atoms with Gasteiger partial charge in [0.2, 0.25) is 0 Å². The molecule has 2 saturated heterocycles. The van der Waals surface area contributed by atoms with Crippen molar-refractivity contribution in [3.05, 3.63) is 48.3 Å². The summed E-state index contributed by atoms with van der Waals surface area (Å²) in [6.45, 7) is 9.01. The van der Waals surface area contributed by atoms with Gasteiger partial charge >= 0.3 is 0 Å². The highest BCUT2D eigenvalue weighted by atomic mass is 127. The zero-order chi connectivity index (χ0) is 22.2. The third kappa shape index (κ3) is 7.31. The summed E-state index contributed by atoms with van der Waals surface area (Å²) in [4.78, 5) is 11.9. The largest absolute Gasteiger partial charge is 0.370 e. The van der Waals surface area contributed by atoms with E-state index in [0.717, 1.165) is 63.8 Å². The first-order valence-corrected chi connectivity index (χ1v) is 11.8. The van der Waals surface area contributed by atoms with Crippen LogP contribution in [0.5, 0.6) is 0 Å². The fraction of sp³-hybridized carbons (Fsp3) is 0.583. The number of ether oxygens (including phenoxy) is 1. The number of nitrogens with zero attached hydrogens (tertiary/aromatic N) is 6. The van der Waals surface area contributed by atoms with Crippen LogP contribution < -0.4 is 10.2 Å². The van der Waals surface area contributed by atoms with Gasteiger partial charge in [-0.2, -0.15) is 5.10 Å². The number of morpholine rings is 1. The number of guanidine groups is 1. The van der Waals surface area contributed by atoms with Gasteiger partial charge in [-0.25, -0.2) is 0 Å². The summed E-state index contributed by atoms with van der Waals surface area (Å²) in [5.74, 6) is 0.971. The molecular formula is C24H38IN7O. The molecule has 0 amide bonds. The molecule has 9 heteroatoms. The van der Waals surface area contributed by atoms with Gasteiger partial charge in [-0.15, -0.1) is 24.0 Å². The van der Waals surface area contributed by atoms with Crippen LogP contribution in [0, 0.1) is 0 Å². The number of hydrogen-bond acceptors (Lipinski definition) is 5. The van der Waals surface area contributed by atoms with E-state index in [1.165, 1.54) is 18.7 Å². The van der Waals surface area contributed by atoms with Crippen LogP contribution in [0.25, 0.3) is 0 Å². The van der Waals surface area contributed by atoms with Crippen LogP contribution in [-0.2, 0) is 11.8 Å². The number of piperazine rings is 1. The van der Waals surface area contributed by atoms with Gasteiger partial charge in [-0.1, -0.05) is 18.2 Å². The number of benzene rings is 1. The van der Waals surface area contributed by atoms with E-state index in [1.54, 1.807) is 0 Å². The maximum Gasteiger partial charge on any atom is 0.193 e. The molecule has 1 N–H and O–H groups in total. The van der Waals surface area contributed by atoms with Crippen LogP contribution in [-0.4, -0.2) is 91.6 Å². The molecule has 8 nitrogen and oxygen atoms in total.